The van der Waals surface area contributed by atoms with E-state index >= 15 is 0 Å². The molecule has 1 aromatic carbocycles. The first-order valence-electron chi connectivity index (χ1n) is 6.62. The van der Waals surface area contributed by atoms with Gasteiger partial charge in [0, 0.05) is 34.0 Å². The fraction of sp³-hybridized carbons (Fsp3) is 0.333. The van der Waals surface area contributed by atoms with E-state index in [0.717, 1.165) is 27.6 Å². The maximum atomic E-state index is 11.3. The van der Waals surface area contributed by atoms with Crippen molar-refractivity contribution in [1.82, 2.24) is 4.98 Å². The molecule has 1 N–H and O–H groups in total. The summed E-state index contributed by atoms with van der Waals surface area (Å²) in [5.74, 6) is -0.166. The van der Waals surface area contributed by atoms with Gasteiger partial charge in [0.1, 0.15) is 5.82 Å². The van der Waals surface area contributed by atoms with Gasteiger partial charge in [0.2, 0.25) is 0 Å². The third-order valence-electron chi connectivity index (χ3n) is 4.08. The maximum absolute atomic E-state index is 11.3. The van der Waals surface area contributed by atoms with Gasteiger partial charge in [-0.1, -0.05) is 28.1 Å². The fourth-order valence-corrected chi connectivity index (χ4v) is 3.45. The van der Waals surface area contributed by atoms with E-state index in [-0.39, 0.29) is 12.0 Å². The summed E-state index contributed by atoms with van der Waals surface area (Å²) in [7, 11) is 0. The molecule has 0 spiro atoms. The van der Waals surface area contributed by atoms with E-state index in [0.29, 0.717) is 6.42 Å². The van der Waals surface area contributed by atoms with Crippen molar-refractivity contribution in [2.24, 2.45) is 5.92 Å². The highest BCUT2D eigenvalue weighted by Crippen LogP contribution is 2.35. The van der Waals surface area contributed by atoms with E-state index < -0.39 is 5.97 Å². The Morgan fingerprint density at radius 1 is 1.40 bits per heavy atom. The van der Waals surface area contributed by atoms with Crippen LogP contribution in [0, 0.1) is 5.92 Å². The van der Waals surface area contributed by atoms with Crippen molar-refractivity contribution in [3.8, 4) is 0 Å². The number of anilines is 1. The zero-order valence-corrected chi connectivity index (χ0v) is 12.7. The van der Waals surface area contributed by atoms with E-state index in [1.54, 1.807) is 6.20 Å². The number of carboxylic acid groups (broad SMARTS) is 1. The third-order valence-corrected chi connectivity index (χ3v) is 4.77. The maximum Gasteiger partial charge on any atom is 0.308 e. The summed E-state index contributed by atoms with van der Waals surface area (Å²) in [6.45, 7) is 2.70. The average Bonchev–Trinajstić information content (AvgIpc) is 2.80. The zero-order valence-electron chi connectivity index (χ0n) is 11.1. The molecule has 2 heterocycles. The molecule has 0 saturated carbocycles. The van der Waals surface area contributed by atoms with Crippen LogP contribution in [0.4, 0.5) is 5.82 Å². The molecule has 5 heteroatoms. The number of carboxylic acids is 1. The molecule has 1 aliphatic heterocycles. The van der Waals surface area contributed by atoms with Crippen molar-refractivity contribution >= 4 is 38.5 Å². The van der Waals surface area contributed by atoms with E-state index in [4.69, 9.17) is 0 Å². The van der Waals surface area contributed by atoms with E-state index in [2.05, 4.69) is 25.8 Å². The fourth-order valence-electron chi connectivity index (χ4n) is 2.95. The predicted molar refractivity (Wildman–Crippen MR) is 82.0 cm³/mol. The van der Waals surface area contributed by atoms with Crippen LogP contribution in [0.25, 0.3) is 10.8 Å². The van der Waals surface area contributed by atoms with Crippen molar-refractivity contribution < 1.29 is 9.90 Å². The molecule has 0 radical (unpaired) electrons. The number of pyridine rings is 1. The molecule has 104 valence electrons. The van der Waals surface area contributed by atoms with Crippen LogP contribution in [-0.2, 0) is 4.79 Å². The number of benzene rings is 1. The molecule has 1 aliphatic rings. The van der Waals surface area contributed by atoms with Gasteiger partial charge in [-0.2, -0.15) is 0 Å². The van der Waals surface area contributed by atoms with Gasteiger partial charge in [-0.3, -0.25) is 4.79 Å². The summed E-state index contributed by atoms with van der Waals surface area (Å²) >= 11 is 3.55. The Kier molecular flexibility index (Phi) is 3.38. The molecular formula is C15H15BrN2O2. The summed E-state index contributed by atoms with van der Waals surface area (Å²) in [6.07, 6.45) is 2.45. The molecule has 3 rings (SSSR count). The van der Waals surface area contributed by atoms with Gasteiger partial charge in [0.15, 0.2) is 0 Å². The molecule has 2 atom stereocenters. The molecular weight excluding hydrogens is 320 g/mol. The van der Waals surface area contributed by atoms with Crippen LogP contribution in [0.15, 0.2) is 34.9 Å². The van der Waals surface area contributed by atoms with Crippen LogP contribution < -0.4 is 4.90 Å². The van der Waals surface area contributed by atoms with Gasteiger partial charge in [-0.15, -0.1) is 0 Å². The van der Waals surface area contributed by atoms with Gasteiger partial charge >= 0.3 is 5.97 Å². The van der Waals surface area contributed by atoms with E-state index in [1.165, 1.54) is 0 Å². The lowest BCUT2D eigenvalue weighted by Crippen LogP contribution is -2.33. The van der Waals surface area contributed by atoms with Crippen molar-refractivity contribution in [2.45, 2.75) is 19.4 Å². The number of halogens is 1. The SMILES string of the molecule is CC1C(C(=O)O)CCN1c1nccc2c(Br)cccc12. The number of aliphatic carboxylic acids is 1. The summed E-state index contributed by atoms with van der Waals surface area (Å²) < 4.78 is 1.03. The topological polar surface area (TPSA) is 53.4 Å². The van der Waals surface area contributed by atoms with Crippen molar-refractivity contribution in [3.05, 3.63) is 34.9 Å². The average molecular weight is 335 g/mol. The summed E-state index contributed by atoms with van der Waals surface area (Å²) in [4.78, 5) is 17.8. The van der Waals surface area contributed by atoms with E-state index in [9.17, 15) is 9.90 Å². The van der Waals surface area contributed by atoms with Gasteiger partial charge in [-0.25, -0.2) is 4.98 Å². The quantitative estimate of drug-likeness (QED) is 0.915. The number of nitrogens with zero attached hydrogens (tertiary/aromatic N) is 2. The Morgan fingerprint density at radius 2 is 2.20 bits per heavy atom. The van der Waals surface area contributed by atoms with Gasteiger partial charge in [0.05, 0.1) is 5.92 Å². The highest BCUT2D eigenvalue weighted by molar-refractivity contribution is 9.10. The second-order valence-corrected chi connectivity index (χ2v) is 5.99. The molecule has 20 heavy (non-hydrogen) atoms. The molecule has 2 unspecified atom stereocenters. The third kappa shape index (κ3) is 2.06. The van der Waals surface area contributed by atoms with Crippen LogP contribution in [0.1, 0.15) is 13.3 Å². The minimum absolute atomic E-state index is 0.0374. The molecule has 4 nitrogen and oxygen atoms in total. The standard InChI is InChI=1S/C15H15BrN2O2/c1-9-10(15(19)20)6-8-18(9)14-12-3-2-4-13(16)11(12)5-7-17-14/h2-5,7,9-10H,6,8H2,1H3,(H,19,20). The Labute approximate surface area is 125 Å². The van der Waals surface area contributed by atoms with Crippen LogP contribution >= 0.6 is 15.9 Å². The lowest BCUT2D eigenvalue weighted by molar-refractivity contribution is -0.141. The highest BCUT2D eigenvalue weighted by atomic mass is 79.9. The zero-order chi connectivity index (χ0) is 14.3. The summed E-state index contributed by atoms with van der Waals surface area (Å²) in [5.41, 5.74) is 0. The number of rotatable bonds is 2. The molecule has 1 aromatic heterocycles. The van der Waals surface area contributed by atoms with E-state index in [1.807, 2.05) is 31.2 Å². The lowest BCUT2D eigenvalue weighted by Gasteiger charge is -2.25. The Balaban J connectivity index is 2.08. The van der Waals surface area contributed by atoms with Gasteiger partial charge < -0.3 is 10.0 Å². The smallest absolute Gasteiger partial charge is 0.308 e. The van der Waals surface area contributed by atoms with Crippen LogP contribution in [-0.4, -0.2) is 28.6 Å². The predicted octanol–water partition coefficient (Wildman–Crippen LogP) is 3.30. The number of carbonyl (C=O) groups is 1. The second-order valence-electron chi connectivity index (χ2n) is 5.14. The largest absolute Gasteiger partial charge is 0.481 e. The molecule has 0 bridgehead atoms. The molecule has 0 amide bonds. The first kappa shape index (κ1) is 13.4. The molecule has 1 fully saturated rings. The molecule has 1 saturated heterocycles. The minimum atomic E-state index is -0.721. The van der Waals surface area contributed by atoms with Gasteiger partial charge in [0.25, 0.3) is 0 Å². The van der Waals surface area contributed by atoms with Crippen molar-refractivity contribution in [2.75, 3.05) is 11.4 Å². The Hall–Kier alpha value is -1.62. The highest BCUT2D eigenvalue weighted by Gasteiger charge is 2.36. The Bertz CT molecular complexity index is 674. The van der Waals surface area contributed by atoms with Gasteiger partial charge in [-0.05, 0) is 25.5 Å². The first-order chi connectivity index (χ1) is 9.59. The number of hydrogen-bond acceptors (Lipinski definition) is 3. The van der Waals surface area contributed by atoms with Crippen molar-refractivity contribution in [1.29, 1.82) is 0 Å². The number of aromatic nitrogens is 1. The summed E-state index contributed by atoms with van der Waals surface area (Å²) in [5, 5.41) is 11.4. The monoisotopic (exact) mass is 334 g/mol. The second kappa shape index (κ2) is 5.05. The van der Waals surface area contributed by atoms with Crippen LogP contribution in [0.3, 0.4) is 0 Å². The van der Waals surface area contributed by atoms with Crippen molar-refractivity contribution in [3.63, 3.8) is 0 Å². The normalized spacial score (nSPS) is 22.4. The molecule has 2 aromatic rings. The summed E-state index contributed by atoms with van der Waals surface area (Å²) in [6, 6.07) is 7.94. The first-order valence-corrected chi connectivity index (χ1v) is 7.41. The minimum Gasteiger partial charge on any atom is -0.481 e. The van der Waals surface area contributed by atoms with Crippen LogP contribution in [0.2, 0.25) is 0 Å². The number of fused-ring (bicyclic) bond motifs is 1. The van der Waals surface area contributed by atoms with Crippen LogP contribution in [0.5, 0.6) is 0 Å². The Morgan fingerprint density at radius 3 is 2.90 bits per heavy atom. The molecule has 0 aliphatic carbocycles. The lowest BCUT2D eigenvalue weighted by atomic mass is 10.0. The number of hydrogen-bond donors (Lipinski definition) is 1.